The molecule has 0 bridgehead atoms. The minimum absolute atomic E-state index is 0.0111. The van der Waals surface area contributed by atoms with Crippen molar-refractivity contribution < 1.29 is 14.7 Å². The van der Waals surface area contributed by atoms with Gasteiger partial charge in [-0.2, -0.15) is 0 Å². The zero-order valence-corrected chi connectivity index (χ0v) is 10.1. The van der Waals surface area contributed by atoms with Crippen LogP contribution in [0.1, 0.15) is 23.2 Å². The highest BCUT2D eigenvalue weighted by molar-refractivity contribution is 6.04. The second-order valence-electron chi connectivity index (χ2n) is 4.82. The smallest absolute Gasteiger partial charge is 0.335 e. The summed E-state index contributed by atoms with van der Waals surface area (Å²) in [5, 5.41) is 9.01. The Bertz CT molecular complexity index is 537. The lowest BCUT2D eigenvalue weighted by atomic mass is 10.1. The van der Waals surface area contributed by atoms with E-state index in [4.69, 9.17) is 5.11 Å². The molecule has 1 aromatic carbocycles. The topological polar surface area (TPSA) is 60.9 Å². The summed E-state index contributed by atoms with van der Waals surface area (Å²) in [6.45, 7) is 0.389. The Balaban J connectivity index is 2.09. The molecular formula is C13H14N2O3. The first-order valence-corrected chi connectivity index (χ1v) is 5.98. The molecule has 1 aliphatic carbocycles. The summed E-state index contributed by atoms with van der Waals surface area (Å²) in [7, 11) is 1.69. The SMILES string of the molecule is CN1C(=O)CN(C2CC2)c2ccc(C(=O)O)cc21. The Morgan fingerprint density at radius 3 is 2.67 bits per heavy atom. The molecule has 1 aromatic rings. The van der Waals surface area contributed by atoms with Gasteiger partial charge in [-0.05, 0) is 31.0 Å². The van der Waals surface area contributed by atoms with Crippen LogP contribution >= 0.6 is 0 Å². The van der Waals surface area contributed by atoms with Gasteiger partial charge in [0, 0.05) is 13.1 Å². The van der Waals surface area contributed by atoms with E-state index in [0.29, 0.717) is 18.3 Å². The number of rotatable bonds is 2. The largest absolute Gasteiger partial charge is 0.478 e. The van der Waals surface area contributed by atoms with E-state index in [9.17, 15) is 9.59 Å². The van der Waals surface area contributed by atoms with Crippen LogP contribution in [-0.4, -0.2) is 36.6 Å². The van der Waals surface area contributed by atoms with Crippen molar-refractivity contribution in [3.05, 3.63) is 23.8 Å². The van der Waals surface area contributed by atoms with Crippen molar-refractivity contribution in [3.8, 4) is 0 Å². The summed E-state index contributed by atoms with van der Waals surface area (Å²) in [6.07, 6.45) is 2.22. The maximum absolute atomic E-state index is 11.9. The zero-order valence-electron chi connectivity index (χ0n) is 10.1. The van der Waals surface area contributed by atoms with Crippen LogP contribution in [0.4, 0.5) is 11.4 Å². The van der Waals surface area contributed by atoms with Crippen molar-refractivity contribution in [2.24, 2.45) is 0 Å². The quantitative estimate of drug-likeness (QED) is 0.855. The third-order valence-electron chi connectivity index (χ3n) is 3.56. The van der Waals surface area contributed by atoms with Gasteiger partial charge in [0.1, 0.15) is 0 Å². The van der Waals surface area contributed by atoms with E-state index < -0.39 is 5.97 Å². The van der Waals surface area contributed by atoms with Gasteiger partial charge in [-0.3, -0.25) is 4.79 Å². The minimum Gasteiger partial charge on any atom is -0.478 e. The van der Waals surface area contributed by atoms with Gasteiger partial charge in [-0.1, -0.05) is 0 Å². The van der Waals surface area contributed by atoms with Crippen LogP contribution in [0.15, 0.2) is 18.2 Å². The third-order valence-corrected chi connectivity index (χ3v) is 3.56. The van der Waals surface area contributed by atoms with E-state index in [2.05, 4.69) is 4.90 Å². The monoisotopic (exact) mass is 246 g/mol. The van der Waals surface area contributed by atoms with Crippen molar-refractivity contribution in [1.82, 2.24) is 0 Å². The van der Waals surface area contributed by atoms with Gasteiger partial charge in [0.15, 0.2) is 0 Å². The molecular weight excluding hydrogens is 232 g/mol. The van der Waals surface area contributed by atoms with Gasteiger partial charge in [0.2, 0.25) is 5.91 Å². The number of fused-ring (bicyclic) bond motifs is 1. The van der Waals surface area contributed by atoms with Crippen molar-refractivity contribution in [2.45, 2.75) is 18.9 Å². The van der Waals surface area contributed by atoms with Gasteiger partial charge >= 0.3 is 5.97 Å². The molecule has 0 spiro atoms. The summed E-state index contributed by atoms with van der Waals surface area (Å²) >= 11 is 0. The molecule has 1 heterocycles. The van der Waals surface area contributed by atoms with Gasteiger partial charge in [-0.25, -0.2) is 4.79 Å². The first-order chi connectivity index (χ1) is 8.58. The van der Waals surface area contributed by atoms with Crippen LogP contribution in [-0.2, 0) is 4.79 Å². The van der Waals surface area contributed by atoms with Gasteiger partial charge < -0.3 is 14.9 Å². The molecule has 1 N–H and O–H groups in total. The van der Waals surface area contributed by atoms with Gasteiger partial charge in [-0.15, -0.1) is 0 Å². The summed E-state index contributed by atoms with van der Waals surface area (Å²) in [6, 6.07) is 5.42. The van der Waals surface area contributed by atoms with Crippen LogP contribution in [0.5, 0.6) is 0 Å². The molecule has 0 saturated heterocycles. The molecule has 1 fully saturated rings. The van der Waals surface area contributed by atoms with Gasteiger partial charge in [0.25, 0.3) is 0 Å². The Morgan fingerprint density at radius 2 is 2.06 bits per heavy atom. The molecule has 94 valence electrons. The average molecular weight is 246 g/mol. The third kappa shape index (κ3) is 1.63. The van der Waals surface area contributed by atoms with E-state index in [1.54, 1.807) is 30.1 Å². The maximum atomic E-state index is 11.9. The number of hydrogen-bond acceptors (Lipinski definition) is 3. The molecule has 1 saturated carbocycles. The standard InChI is InChI=1S/C13H14N2O3/c1-14-11-6-8(13(17)18)2-5-10(11)15(7-12(14)16)9-3-4-9/h2,5-6,9H,3-4,7H2,1H3,(H,17,18). The van der Waals surface area contributed by atoms with Crippen molar-refractivity contribution >= 4 is 23.3 Å². The number of hydrogen-bond donors (Lipinski definition) is 1. The predicted octanol–water partition coefficient (Wildman–Crippen LogP) is 1.33. The lowest BCUT2D eigenvalue weighted by molar-refractivity contribution is -0.117. The maximum Gasteiger partial charge on any atom is 0.335 e. The van der Waals surface area contributed by atoms with E-state index in [-0.39, 0.29) is 11.5 Å². The van der Waals surface area contributed by atoms with E-state index in [0.717, 1.165) is 18.5 Å². The van der Waals surface area contributed by atoms with Crippen LogP contribution in [0, 0.1) is 0 Å². The van der Waals surface area contributed by atoms with Crippen molar-refractivity contribution in [1.29, 1.82) is 0 Å². The van der Waals surface area contributed by atoms with Crippen LogP contribution in [0.25, 0.3) is 0 Å². The van der Waals surface area contributed by atoms with Crippen LogP contribution < -0.4 is 9.80 Å². The summed E-state index contributed by atoms with van der Waals surface area (Å²) in [4.78, 5) is 26.5. The lowest BCUT2D eigenvalue weighted by Crippen LogP contribution is -2.45. The van der Waals surface area contributed by atoms with Gasteiger partial charge in [0.05, 0.1) is 23.5 Å². The minimum atomic E-state index is -0.970. The number of carbonyl (C=O) groups is 2. The summed E-state index contributed by atoms with van der Waals surface area (Å²) in [5.74, 6) is -0.959. The van der Waals surface area contributed by atoms with E-state index in [1.165, 1.54) is 0 Å². The van der Waals surface area contributed by atoms with E-state index >= 15 is 0 Å². The molecule has 0 unspecified atom stereocenters. The number of aromatic carboxylic acids is 1. The fourth-order valence-corrected chi connectivity index (χ4v) is 2.35. The number of nitrogens with zero attached hydrogens (tertiary/aromatic N) is 2. The Hall–Kier alpha value is -2.04. The number of benzene rings is 1. The predicted molar refractivity (Wildman–Crippen MR) is 67.2 cm³/mol. The fourth-order valence-electron chi connectivity index (χ4n) is 2.35. The molecule has 2 aliphatic rings. The zero-order chi connectivity index (χ0) is 12.9. The van der Waals surface area contributed by atoms with Crippen molar-refractivity contribution in [2.75, 3.05) is 23.4 Å². The normalized spacial score (nSPS) is 18.8. The highest BCUT2D eigenvalue weighted by Crippen LogP contribution is 2.40. The molecule has 5 nitrogen and oxygen atoms in total. The summed E-state index contributed by atoms with van der Waals surface area (Å²) in [5.41, 5.74) is 1.87. The number of carboxylic acids is 1. The second kappa shape index (κ2) is 3.73. The Morgan fingerprint density at radius 1 is 1.33 bits per heavy atom. The molecule has 0 aromatic heterocycles. The molecule has 0 radical (unpaired) electrons. The number of likely N-dealkylation sites (N-methyl/N-ethyl adjacent to an activating group) is 1. The molecule has 18 heavy (non-hydrogen) atoms. The Kier molecular flexibility index (Phi) is 2.29. The Labute approximate surface area is 105 Å². The molecule has 5 heteroatoms. The highest BCUT2D eigenvalue weighted by atomic mass is 16.4. The first-order valence-electron chi connectivity index (χ1n) is 5.98. The number of anilines is 2. The summed E-state index contributed by atoms with van der Waals surface area (Å²) < 4.78 is 0. The highest BCUT2D eigenvalue weighted by Gasteiger charge is 2.36. The average Bonchev–Trinajstić information content (AvgIpc) is 3.17. The number of amides is 1. The van der Waals surface area contributed by atoms with E-state index in [1.807, 2.05) is 0 Å². The number of carboxylic acid groups (broad SMARTS) is 1. The molecule has 1 amide bonds. The molecule has 1 aliphatic heterocycles. The number of carbonyl (C=O) groups excluding carboxylic acids is 1. The van der Waals surface area contributed by atoms with Crippen LogP contribution in [0.2, 0.25) is 0 Å². The fraction of sp³-hybridized carbons (Fsp3) is 0.385. The van der Waals surface area contributed by atoms with Crippen molar-refractivity contribution in [3.63, 3.8) is 0 Å². The lowest BCUT2D eigenvalue weighted by Gasteiger charge is -2.35. The van der Waals surface area contributed by atoms with Crippen LogP contribution in [0.3, 0.4) is 0 Å². The molecule has 0 atom stereocenters. The molecule has 3 rings (SSSR count). The first kappa shape index (κ1) is 11.1. The second-order valence-corrected chi connectivity index (χ2v) is 4.82.